The molecule has 13 heteroatoms. The van der Waals surface area contributed by atoms with Crippen LogP contribution >= 0.6 is 12.4 Å². The monoisotopic (exact) mass is 605 g/mol. The van der Waals surface area contributed by atoms with E-state index in [1.807, 2.05) is 13.8 Å². The SMILES string of the molecule is COc1ccc2cc1Oc1cccc(OC)c1CNC(=O)C(C(C)C)NC(=O)CN(C(=O)CN)CCCCNC2=O.Cl. The molecule has 5 N–H and O–H groups in total. The molecule has 0 spiro atoms. The van der Waals surface area contributed by atoms with E-state index in [9.17, 15) is 19.2 Å². The minimum atomic E-state index is -0.853. The average molecular weight is 606 g/mol. The van der Waals surface area contributed by atoms with Gasteiger partial charge < -0.3 is 40.8 Å². The summed E-state index contributed by atoms with van der Waals surface area (Å²) in [7, 11) is 3.00. The van der Waals surface area contributed by atoms with Crippen LogP contribution in [0, 0.1) is 5.92 Å². The first kappa shape index (κ1) is 34.2. The molecule has 2 aromatic carbocycles. The number of ether oxygens (including phenoxy) is 3. The third-order valence-corrected chi connectivity index (χ3v) is 6.66. The smallest absolute Gasteiger partial charge is 0.251 e. The Balaban J connectivity index is 0.00000616. The van der Waals surface area contributed by atoms with Gasteiger partial charge in [-0.1, -0.05) is 19.9 Å². The molecular formula is C29H40ClN5O7. The lowest BCUT2D eigenvalue weighted by atomic mass is 10.0. The van der Waals surface area contributed by atoms with Gasteiger partial charge in [0.2, 0.25) is 17.7 Å². The molecule has 1 aliphatic rings. The highest BCUT2D eigenvalue weighted by molar-refractivity contribution is 5.95. The van der Waals surface area contributed by atoms with Gasteiger partial charge in [0.05, 0.1) is 39.4 Å². The van der Waals surface area contributed by atoms with Crippen molar-refractivity contribution in [2.75, 3.05) is 40.4 Å². The van der Waals surface area contributed by atoms with Crippen LogP contribution in [0.4, 0.5) is 0 Å². The molecule has 230 valence electrons. The van der Waals surface area contributed by atoms with Crippen LogP contribution in [-0.2, 0) is 20.9 Å². The Morgan fingerprint density at radius 2 is 1.79 bits per heavy atom. The zero-order chi connectivity index (χ0) is 29.9. The van der Waals surface area contributed by atoms with Gasteiger partial charge in [-0.15, -0.1) is 12.4 Å². The van der Waals surface area contributed by atoms with Gasteiger partial charge in [-0.3, -0.25) is 19.2 Å². The van der Waals surface area contributed by atoms with Crippen molar-refractivity contribution in [1.82, 2.24) is 20.9 Å². The minimum Gasteiger partial charge on any atom is -0.496 e. The highest BCUT2D eigenvalue weighted by atomic mass is 35.5. The van der Waals surface area contributed by atoms with E-state index in [2.05, 4.69) is 16.0 Å². The van der Waals surface area contributed by atoms with Crippen LogP contribution in [-0.4, -0.2) is 75.0 Å². The predicted molar refractivity (Wildman–Crippen MR) is 159 cm³/mol. The van der Waals surface area contributed by atoms with Crippen molar-refractivity contribution in [2.24, 2.45) is 11.7 Å². The largest absolute Gasteiger partial charge is 0.496 e. The maximum Gasteiger partial charge on any atom is 0.251 e. The number of methoxy groups -OCH3 is 2. The molecule has 0 saturated heterocycles. The molecular weight excluding hydrogens is 566 g/mol. The molecule has 0 aliphatic carbocycles. The molecule has 0 fully saturated rings. The minimum absolute atomic E-state index is 0. The highest BCUT2D eigenvalue weighted by Gasteiger charge is 2.26. The summed E-state index contributed by atoms with van der Waals surface area (Å²) in [5.41, 5.74) is 6.47. The van der Waals surface area contributed by atoms with Gasteiger partial charge in [0.1, 0.15) is 17.5 Å². The van der Waals surface area contributed by atoms with Crippen molar-refractivity contribution in [3.63, 3.8) is 0 Å². The Bertz CT molecular complexity index is 1260. The molecule has 1 aliphatic heterocycles. The van der Waals surface area contributed by atoms with Gasteiger partial charge in [-0.05, 0) is 49.1 Å². The van der Waals surface area contributed by atoms with E-state index in [-0.39, 0.29) is 56.3 Å². The van der Waals surface area contributed by atoms with Crippen LogP contribution in [0.1, 0.15) is 42.6 Å². The summed E-state index contributed by atoms with van der Waals surface area (Å²) in [5.74, 6) is -0.241. The normalized spacial score (nSPS) is 17.0. The maximum absolute atomic E-state index is 13.3. The standard InChI is InChI=1S/C29H39N5O7.ClH/c1-18(2)27-29(38)32-16-20-21(39-3)8-7-9-22(20)41-24-14-19(10-11-23(24)40-4)28(37)31-12-5-6-13-34(26(36)15-30)17-25(35)33-27;/h7-11,14,18,27H,5-6,12-13,15-17,30H2,1-4H3,(H,31,37)(H,32,38)(H,33,35);1H. The fourth-order valence-corrected chi connectivity index (χ4v) is 4.39. The molecule has 2 aromatic rings. The van der Waals surface area contributed by atoms with E-state index >= 15 is 0 Å². The number of carbonyl (C=O) groups excluding carboxylic acids is 4. The van der Waals surface area contributed by atoms with Crippen molar-refractivity contribution in [1.29, 1.82) is 0 Å². The number of hydrogen-bond donors (Lipinski definition) is 4. The number of hydrogen-bond acceptors (Lipinski definition) is 8. The molecule has 12 nitrogen and oxygen atoms in total. The molecule has 42 heavy (non-hydrogen) atoms. The summed E-state index contributed by atoms with van der Waals surface area (Å²) in [6.07, 6.45) is 1.09. The lowest BCUT2D eigenvalue weighted by Crippen LogP contribution is -2.52. The number of fused-ring (bicyclic) bond motifs is 3. The van der Waals surface area contributed by atoms with Crippen molar-refractivity contribution in [2.45, 2.75) is 39.3 Å². The summed E-state index contributed by atoms with van der Waals surface area (Å²) in [6.45, 7) is 3.80. The Morgan fingerprint density at radius 3 is 2.45 bits per heavy atom. The van der Waals surface area contributed by atoms with E-state index in [0.29, 0.717) is 53.5 Å². The van der Waals surface area contributed by atoms with Crippen LogP contribution in [0.25, 0.3) is 0 Å². The summed E-state index contributed by atoms with van der Waals surface area (Å²) >= 11 is 0. The first-order valence-corrected chi connectivity index (χ1v) is 13.5. The summed E-state index contributed by atoms with van der Waals surface area (Å²) in [4.78, 5) is 52.8. The van der Waals surface area contributed by atoms with Gasteiger partial charge in [-0.25, -0.2) is 0 Å². The van der Waals surface area contributed by atoms with E-state index in [0.717, 1.165) is 0 Å². The Kier molecular flexibility index (Phi) is 13.4. The number of amides is 4. The lowest BCUT2D eigenvalue weighted by molar-refractivity contribution is -0.136. The van der Waals surface area contributed by atoms with Gasteiger partial charge >= 0.3 is 0 Å². The fourth-order valence-electron chi connectivity index (χ4n) is 4.39. The Morgan fingerprint density at radius 1 is 1.05 bits per heavy atom. The van der Waals surface area contributed by atoms with E-state index in [1.54, 1.807) is 36.4 Å². The molecule has 0 radical (unpaired) electrons. The molecule has 3 rings (SSSR count). The second-order valence-corrected chi connectivity index (χ2v) is 9.89. The van der Waals surface area contributed by atoms with Crippen molar-refractivity contribution in [3.05, 3.63) is 47.5 Å². The number of rotatable bonds is 4. The zero-order valence-corrected chi connectivity index (χ0v) is 25.2. The molecule has 2 bridgehead atoms. The summed E-state index contributed by atoms with van der Waals surface area (Å²) < 4.78 is 17.2. The lowest BCUT2D eigenvalue weighted by Gasteiger charge is -2.26. The van der Waals surface area contributed by atoms with E-state index < -0.39 is 17.9 Å². The van der Waals surface area contributed by atoms with Gasteiger partial charge in [0.25, 0.3) is 5.91 Å². The quantitative estimate of drug-likeness (QED) is 0.411. The third kappa shape index (κ3) is 8.98. The third-order valence-electron chi connectivity index (χ3n) is 6.66. The van der Waals surface area contributed by atoms with E-state index in [1.165, 1.54) is 19.1 Å². The second kappa shape index (κ2) is 16.4. The van der Waals surface area contributed by atoms with Crippen molar-refractivity contribution >= 4 is 36.0 Å². The van der Waals surface area contributed by atoms with Crippen molar-refractivity contribution in [3.8, 4) is 23.0 Å². The molecule has 1 heterocycles. The fraction of sp³-hybridized carbons (Fsp3) is 0.448. The van der Waals surface area contributed by atoms with Gasteiger partial charge in [-0.2, -0.15) is 0 Å². The van der Waals surface area contributed by atoms with Crippen molar-refractivity contribution < 1.29 is 33.4 Å². The number of nitrogens with two attached hydrogens (primary N) is 1. The number of halogens is 1. The molecule has 0 saturated carbocycles. The van der Waals surface area contributed by atoms with E-state index in [4.69, 9.17) is 19.9 Å². The number of benzene rings is 2. The Labute approximate surface area is 252 Å². The zero-order valence-electron chi connectivity index (χ0n) is 24.4. The van der Waals surface area contributed by atoms with Gasteiger partial charge in [0.15, 0.2) is 11.5 Å². The Hall–Kier alpha value is -4.03. The molecule has 0 aromatic heterocycles. The average Bonchev–Trinajstić information content (AvgIpc) is 2.96. The first-order valence-electron chi connectivity index (χ1n) is 13.5. The summed E-state index contributed by atoms with van der Waals surface area (Å²) in [6, 6.07) is 9.20. The molecule has 1 atom stereocenters. The second-order valence-electron chi connectivity index (χ2n) is 9.89. The van der Waals surface area contributed by atoms with Crippen LogP contribution < -0.4 is 35.9 Å². The highest BCUT2D eigenvalue weighted by Crippen LogP contribution is 2.37. The summed E-state index contributed by atoms with van der Waals surface area (Å²) in [5, 5.41) is 8.49. The topological polar surface area (TPSA) is 161 Å². The number of nitrogens with zero attached hydrogens (tertiary/aromatic N) is 1. The van der Waals surface area contributed by atoms with Crippen LogP contribution in [0.3, 0.4) is 0 Å². The van der Waals surface area contributed by atoms with Crippen LogP contribution in [0.2, 0.25) is 0 Å². The van der Waals surface area contributed by atoms with Crippen LogP contribution in [0.5, 0.6) is 23.0 Å². The van der Waals surface area contributed by atoms with Gasteiger partial charge in [0, 0.05) is 18.7 Å². The number of nitrogens with one attached hydrogen (secondary N) is 3. The maximum atomic E-state index is 13.3. The predicted octanol–water partition coefficient (Wildman–Crippen LogP) is 1.99. The molecule has 1 unspecified atom stereocenters. The first-order chi connectivity index (χ1) is 19.7. The number of carbonyl (C=O) groups is 4. The molecule has 4 amide bonds. The van der Waals surface area contributed by atoms with Crippen LogP contribution in [0.15, 0.2) is 36.4 Å².